The second kappa shape index (κ2) is 8.52. The van der Waals surface area contributed by atoms with Crippen molar-refractivity contribution < 1.29 is 0 Å². The van der Waals surface area contributed by atoms with Gasteiger partial charge in [-0.3, -0.25) is 0 Å². The van der Waals surface area contributed by atoms with Gasteiger partial charge in [0.1, 0.15) is 0 Å². The van der Waals surface area contributed by atoms with Crippen LogP contribution < -0.4 is 0 Å². The average molecular weight is 254 g/mol. The molecule has 0 spiro atoms. The molecule has 2 aliphatic carbocycles. The van der Waals surface area contributed by atoms with E-state index in [-0.39, 0.29) is 0 Å². The summed E-state index contributed by atoms with van der Waals surface area (Å²) in [6, 6.07) is 0. The van der Waals surface area contributed by atoms with Crippen LogP contribution >= 0.6 is 8.58 Å². The molecular weight excluding hydrogens is 223 g/mol. The Labute approximate surface area is 110 Å². The summed E-state index contributed by atoms with van der Waals surface area (Å²) in [6.07, 6.45) is 21.5. The second-order valence-electron chi connectivity index (χ2n) is 6.25. The molecule has 0 aromatic heterocycles. The molecule has 0 aliphatic heterocycles. The van der Waals surface area contributed by atoms with Crippen LogP contribution in [-0.2, 0) is 0 Å². The van der Waals surface area contributed by atoms with E-state index in [0.717, 1.165) is 11.3 Å². The molecule has 0 bridgehead atoms. The van der Waals surface area contributed by atoms with E-state index in [2.05, 4.69) is 0 Å². The predicted octanol–water partition coefficient (Wildman–Crippen LogP) is 5.89. The molecule has 100 valence electrons. The first-order valence-corrected chi connectivity index (χ1v) is 9.37. The molecule has 2 rings (SSSR count). The Hall–Kier alpha value is 0.430. The van der Waals surface area contributed by atoms with Crippen LogP contribution in [0.15, 0.2) is 0 Å². The minimum atomic E-state index is 1.12. The van der Waals surface area contributed by atoms with Crippen LogP contribution in [-0.4, -0.2) is 11.3 Å². The highest BCUT2D eigenvalue weighted by atomic mass is 31.1. The van der Waals surface area contributed by atoms with Crippen molar-refractivity contribution in [2.45, 2.75) is 101 Å². The maximum absolute atomic E-state index is 1.56. The van der Waals surface area contributed by atoms with Crippen molar-refractivity contribution in [1.82, 2.24) is 0 Å². The van der Waals surface area contributed by atoms with Gasteiger partial charge < -0.3 is 0 Å². The molecule has 0 saturated heterocycles. The normalized spacial score (nSPS) is 27.5. The fraction of sp³-hybridized carbons (Fsp3) is 1.00. The third-order valence-corrected chi connectivity index (χ3v) is 6.78. The fourth-order valence-electron chi connectivity index (χ4n) is 3.58. The van der Waals surface area contributed by atoms with E-state index >= 15 is 0 Å². The van der Waals surface area contributed by atoms with Gasteiger partial charge >= 0.3 is 0 Å². The molecule has 2 saturated carbocycles. The van der Waals surface area contributed by atoms with Gasteiger partial charge in [0.2, 0.25) is 0 Å². The zero-order chi connectivity index (χ0) is 11.8. The Bertz CT molecular complexity index is 174. The van der Waals surface area contributed by atoms with Crippen molar-refractivity contribution in [3.8, 4) is 0 Å². The molecule has 0 N–H and O–H groups in total. The molecule has 0 aromatic carbocycles. The summed E-state index contributed by atoms with van der Waals surface area (Å²) >= 11 is 0. The van der Waals surface area contributed by atoms with Crippen LogP contribution in [0.4, 0.5) is 0 Å². The smallest absolute Gasteiger partial charge is 0.0234 e. The van der Waals surface area contributed by atoms with Gasteiger partial charge in [-0.15, -0.1) is 8.58 Å². The largest absolute Gasteiger partial charge is 0.116 e. The number of hydrogen-bond acceptors (Lipinski definition) is 0. The third-order valence-electron chi connectivity index (χ3n) is 4.68. The van der Waals surface area contributed by atoms with Crippen LogP contribution in [0, 0.1) is 0 Å². The highest BCUT2D eigenvalue weighted by molar-refractivity contribution is 7.39. The van der Waals surface area contributed by atoms with Crippen LogP contribution in [0.3, 0.4) is 0 Å². The highest BCUT2D eigenvalue weighted by Gasteiger charge is 2.18. The summed E-state index contributed by atoms with van der Waals surface area (Å²) in [5.41, 5.74) is 2.26. The zero-order valence-electron chi connectivity index (χ0n) is 11.6. The molecule has 17 heavy (non-hydrogen) atoms. The Morgan fingerprint density at radius 3 is 1.12 bits per heavy atom. The molecule has 0 radical (unpaired) electrons. The molecule has 0 heterocycles. The molecule has 0 aromatic rings. The van der Waals surface area contributed by atoms with E-state index in [1.165, 1.54) is 72.8 Å². The topological polar surface area (TPSA) is 0 Å². The number of rotatable bonds is 2. The van der Waals surface area contributed by atoms with Crippen molar-refractivity contribution >= 4 is 8.58 Å². The van der Waals surface area contributed by atoms with Crippen molar-refractivity contribution in [3.05, 3.63) is 0 Å². The highest BCUT2D eigenvalue weighted by Crippen LogP contribution is 2.40. The van der Waals surface area contributed by atoms with Gasteiger partial charge in [0.15, 0.2) is 0 Å². The predicted molar refractivity (Wildman–Crippen MR) is 80.5 cm³/mol. The van der Waals surface area contributed by atoms with E-state index in [4.69, 9.17) is 0 Å². The molecule has 0 nitrogen and oxygen atoms in total. The summed E-state index contributed by atoms with van der Waals surface area (Å²) in [5, 5.41) is 0. The van der Waals surface area contributed by atoms with Gasteiger partial charge in [-0.2, -0.15) is 0 Å². The zero-order valence-corrected chi connectivity index (χ0v) is 12.6. The molecule has 0 amide bonds. The first-order valence-electron chi connectivity index (χ1n) is 8.21. The van der Waals surface area contributed by atoms with Crippen LogP contribution in [0.5, 0.6) is 0 Å². The minimum absolute atomic E-state index is 1.12. The van der Waals surface area contributed by atoms with Gasteiger partial charge in [-0.05, 0) is 37.0 Å². The van der Waals surface area contributed by atoms with Crippen molar-refractivity contribution in [1.29, 1.82) is 0 Å². The molecular formula is C16H31P. The maximum atomic E-state index is 1.56. The summed E-state index contributed by atoms with van der Waals surface area (Å²) in [5.74, 6) is 0. The van der Waals surface area contributed by atoms with Crippen LogP contribution in [0.2, 0.25) is 0 Å². The molecule has 2 fully saturated rings. The molecule has 1 heteroatoms. The van der Waals surface area contributed by atoms with Gasteiger partial charge in [0.05, 0.1) is 0 Å². The Morgan fingerprint density at radius 2 is 0.706 bits per heavy atom. The monoisotopic (exact) mass is 254 g/mol. The van der Waals surface area contributed by atoms with E-state index in [0.29, 0.717) is 0 Å². The lowest BCUT2D eigenvalue weighted by Gasteiger charge is -2.27. The van der Waals surface area contributed by atoms with E-state index in [9.17, 15) is 0 Å². The molecule has 1 atom stereocenters. The van der Waals surface area contributed by atoms with Gasteiger partial charge in [0, 0.05) is 0 Å². The van der Waals surface area contributed by atoms with Crippen molar-refractivity contribution in [2.75, 3.05) is 0 Å². The van der Waals surface area contributed by atoms with Gasteiger partial charge in [-0.1, -0.05) is 64.2 Å². The summed E-state index contributed by atoms with van der Waals surface area (Å²) in [4.78, 5) is 0. The van der Waals surface area contributed by atoms with Crippen molar-refractivity contribution in [2.24, 2.45) is 0 Å². The third kappa shape index (κ3) is 5.73. The van der Waals surface area contributed by atoms with Gasteiger partial charge in [0.25, 0.3) is 0 Å². The first kappa shape index (κ1) is 13.9. The lowest BCUT2D eigenvalue weighted by molar-refractivity contribution is 0.493. The molecule has 1 unspecified atom stereocenters. The van der Waals surface area contributed by atoms with E-state index in [1.54, 1.807) is 25.7 Å². The summed E-state index contributed by atoms with van der Waals surface area (Å²) in [7, 11) is 1.32. The maximum Gasteiger partial charge on any atom is -0.0234 e. The van der Waals surface area contributed by atoms with Gasteiger partial charge in [-0.25, -0.2) is 0 Å². The van der Waals surface area contributed by atoms with E-state index < -0.39 is 0 Å². The lowest BCUT2D eigenvalue weighted by atomic mass is 10.00. The second-order valence-corrected chi connectivity index (χ2v) is 8.22. The SMILES string of the molecule is C1CCCCC(PC2CCCCC2)CCCC1. The Kier molecular flexibility index (Phi) is 6.94. The molecule has 2 aliphatic rings. The van der Waals surface area contributed by atoms with Crippen molar-refractivity contribution in [3.63, 3.8) is 0 Å². The summed E-state index contributed by atoms with van der Waals surface area (Å²) < 4.78 is 0. The first-order chi connectivity index (χ1) is 8.45. The average Bonchev–Trinajstić information content (AvgIpc) is 2.38. The Morgan fingerprint density at radius 1 is 0.412 bits per heavy atom. The summed E-state index contributed by atoms with van der Waals surface area (Å²) in [6.45, 7) is 0. The number of hydrogen-bond donors (Lipinski definition) is 0. The van der Waals surface area contributed by atoms with Crippen LogP contribution in [0.25, 0.3) is 0 Å². The van der Waals surface area contributed by atoms with Crippen LogP contribution in [0.1, 0.15) is 89.9 Å². The minimum Gasteiger partial charge on any atom is -0.116 e. The standard InChI is InChI=1S/C16H31P/c1-2-4-7-11-15(12-8-5-3-1)17-16-13-9-6-10-14-16/h15-17H,1-14H2. The van der Waals surface area contributed by atoms with E-state index in [1.807, 2.05) is 0 Å². The quantitative estimate of drug-likeness (QED) is 0.539. The fourth-order valence-corrected chi connectivity index (χ4v) is 5.73. The lowest BCUT2D eigenvalue weighted by Crippen LogP contribution is -2.12. The Balaban J connectivity index is 1.71.